The standard InChI is InChI=1S/C25H30Cl2F3N3O4S/c1-6-21(23(35)31-24(2,3)4)32(14-16-10-11-19(26)20(27)12-16)22(34)15-33(38(5,36)37)18-9-7-8-17(13-18)25(28,29)30/h7-13,21H,6,14-15H2,1-5H3,(H,31,35)/t21-/m0/s1. The lowest BCUT2D eigenvalue weighted by atomic mass is 10.1. The quantitative estimate of drug-likeness (QED) is 0.414. The van der Waals surface area contributed by atoms with Crippen molar-refractivity contribution < 1.29 is 31.2 Å². The molecule has 210 valence electrons. The summed E-state index contributed by atoms with van der Waals surface area (Å²) in [5.41, 5.74) is -1.52. The minimum atomic E-state index is -4.72. The average molecular weight is 596 g/mol. The second-order valence-electron chi connectivity index (χ2n) is 9.75. The van der Waals surface area contributed by atoms with Gasteiger partial charge in [0.2, 0.25) is 21.8 Å². The van der Waals surface area contributed by atoms with Gasteiger partial charge in [0.25, 0.3) is 0 Å². The molecule has 2 aromatic carbocycles. The Morgan fingerprint density at radius 3 is 2.16 bits per heavy atom. The van der Waals surface area contributed by atoms with Gasteiger partial charge in [-0.3, -0.25) is 13.9 Å². The van der Waals surface area contributed by atoms with Gasteiger partial charge >= 0.3 is 6.18 Å². The predicted octanol–water partition coefficient (Wildman–Crippen LogP) is 5.50. The van der Waals surface area contributed by atoms with Crippen molar-refractivity contribution in [2.75, 3.05) is 17.1 Å². The van der Waals surface area contributed by atoms with E-state index in [4.69, 9.17) is 23.2 Å². The van der Waals surface area contributed by atoms with E-state index in [1.807, 2.05) is 0 Å². The number of carbonyl (C=O) groups is 2. The lowest BCUT2D eigenvalue weighted by molar-refractivity contribution is -0.141. The van der Waals surface area contributed by atoms with E-state index in [2.05, 4.69) is 5.32 Å². The molecule has 0 aliphatic carbocycles. The summed E-state index contributed by atoms with van der Waals surface area (Å²) in [6.07, 6.45) is -3.76. The van der Waals surface area contributed by atoms with E-state index < -0.39 is 51.7 Å². The van der Waals surface area contributed by atoms with Crippen molar-refractivity contribution in [1.82, 2.24) is 10.2 Å². The molecule has 2 amide bonds. The number of anilines is 1. The average Bonchev–Trinajstić information content (AvgIpc) is 2.77. The maximum atomic E-state index is 13.6. The van der Waals surface area contributed by atoms with Crippen molar-refractivity contribution >= 4 is 50.7 Å². The van der Waals surface area contributed by atoms with Crippen LogP contribution in [0.15, 0.2) is 42.5 Å². The summed E-state index contributed by atoms with van der Waals surface area (Å²) in [4.78, 5) is 28.0. The Morgan fingerprint density at radius 1 is 1.03 bits per heavy atom. The van der Waals surface area contributed by atoms with Gasteiger partial charge in [-0.05, 0) is 63.1 Å². The molecule has 0 saturated carbocycles. The summed E-state index contributed by atoms with van der Waals surface area (Å²) in [6.45, 7) is 6.02. The van der Waals surface area contributed by atoms with Crippen molar-refractivity contribution in [1.29, 1.82) is 0 Å². The van der Waals surface area contributed by atoms with E-state index in [1.165, 1.54) is 17.0 Å². The molecule has 2 rings (SSSR count). The first-order valence-corrected chi connectivity index (χ1v) is 14.1. The molecule has 0 aliphatic rings. The molecule has 0 saturated heterocycles. The zero-order valence-corrected chi connectivity index (χ0v) is 23.9. The molecule has 7 nitrogen and oxygen atoms in total. The van der Waals surface area contributed by atoms with Gasteiger partial charge < -0.3 is 10.2 Å². The zero-order chi connectivity index (χ0) is 29.1. The number of hydrogen-bond acceptors (Lipinski definition) is 4. The van der Waals surface area contributed by atoms with E-state index in [9.17, 15) is 31.2 Å². The van der Waals surface area contributed by atoms with Crippen LogP contribution in [0.2, 0.25) is 10.0 Å². The molecule has 0 radical (unpaired) electrons. The zero-order valence-electron chi connectivity index (χ0n) is 21.6. The van der Waals surface area contributed by atoms with Gasteiger partial charge in [0.05, 0.1) is 27.6 Å². The van der Waals surface area contributed by atoms with E-state index >= 15 is 0 Å². The number of nitrogens with zero attached hydrogens (tertiary/aromatic N) is 2. The number of halogens is 5. The molecule has 0 spiro atoms. The van der Waals surface area contributed by atoms with E-state index in [0.29, 0.717) is 15.9 Å². The highest BCUT2D eigenvalue weighted by Crippen LogP contribution is 2.32. The van der Waals surface area contributed by atoms with Crippen molar-refractivity contribution in [3.8, 4) is 0 Å². The third-order valence-corrected chi connectivity index (χ3v) is 7.24. The van der Waals surface area contributed by atoms with Crippen LogP contribution < -0.4 is 9.62 Å². The minimum Gasteiger partial charge on any atom is -0.350 e. The number of hydrogen-bond donors (Lipinski definition) is 1. The van der Waals surface area contributed by atoms with Crippen molar-refractivity contribution in [2.45, 2.75) is 58.4 Å². The van der Waals surface area contributed by atoms with Gasteiger partial charge in [0.15, 0.2) is 0 Å². The Bertz CT molecular complexity index is 1280. The monoisotopic (exact) mass is 595 g/mol. The van der Waals surface area contributed by atoms with Gasteiger partial charge in [-0.2, -0.15) is 13.2 Å². The van der Waals surface area contributed by atoms with Crippen LogP contribution in [0.5, 0.6) is 0 Å². The van der Waals surface area contributed by atoms with Crippen molar-refractivity contribution in [3.63, 3.8) is 0 Å². The van der Waals surface area contributed by atoms with Crippen LogP contribution in [-0.4, -0.2) is 49.5 Å². The maximum absolute atomic E-state index is 13.6. The molecule has 0 aliphatic heterocycles. The normalized spacial score (nSPS) is 13.1. The Hall–Kier alpha value is -2.50. The Morgan fingerprint density at radius 2 is 1.66 bits per heavy atom. The highest BCUT2D eigenvalue weighted by molar-refractivity contribution is 7.92. The van der Waals surface area contributed by atoms with Gasteiger partial charge in [0.1, 0.15) is 12.6 Å². The molecular weight excluding hydrogens is 566 g/mol. The molecule has 13 heteroatoms. The van der Waals surface area contributed by atoms with E-state index in [1.54, 1.807) is 33.8 Å². The largest absolute Gasteiger partial charge is 0.416 e. The van der Waals surface area contributed by atoms with Crippen LogP contribution in [0.1, 0.15) is 45.2 Å². The highest BCUT2D eigenvalue weighted by atomic mass is 35.5. The minimum absolute atomic E-state index is 0.133. The molecule has 0 fully saturated rings. The van der Waals surface area contributed by atoms with Crippen LogP contribution in [0.25, 0.3) is 0 Å². The summed E-state index contributed by atoms with van der Waals surface area (Å²) in [5.74, 6) is -1.27. The first-order chi connectivity index (χ1) is 17.3. The number of alkyl halides is 3. The molecule has 0 heterocycles. The van der Waals surface area contributed by atoms with Crippen molar-refractivity contribution in [3.05, 3.63) is 63.6 Å². The number of amides is 2. The fraction of sp³-hybridized carbons (Fsp3) is 0.440. The number of sulfonamides is 1. The summed E-state index contributed by atoms with van der Waals surface area (Å²) >= 11 is 12.1. The third kappa shape index (κ3) is 8.78. The number of carbonyl (C=O) groups excluding carboxylic acids is 2. The Labute approximate surface area is 230 Å². The lowest BCUT2D eigenvalue weighted by Gasteiger charge is -2.34. The smallest absolute Gasteiger partial charge is 0.350 e. The number of rotatable bonds is 9. The summed E-state index contributed by atoms with van der Waals surface area (Å²) in [6, 6.07) is 7.29. The second kappa shape index (κ2) is 12.1. The highest BCUT2D eigenvalue weighted by Gasteiger charge is 2.35. The van der Waals surface area contributed by atoms with Crippen molar-refractivity contribution in [2.24, 2.45) is 0 Å². The Balaban J connectivity index is 2.53. The molecule has 38 heavy (non-hydrogen) atoms. The van der Waals surface area contributed by atoms with Crippen LogP contribution >= 0.6 is 23.2 Å². The molecule has 0 aromatic heterocycles. The SMILES string of the molecule is CC[C@@H](C(=O)NC(C)(C)C)N(Cc1ccc(Cl)c(Cl)c1)C(=O)CN(c1cccc(C(F)(F)F)c1)S(C)(=O)=O. The van der Waals surface area contributed by atoms with Gasteiger partial charge in [-0.25, -0.2) is 8.42 Å². The Kier molecular flexibility index (Phi) is 10.1. The van der Waals surface area contributed by atoms with E-state index in [-0.39, 0.29) is 28.7 Å². The van der Waals surface area contributed by atoms with Gasteiger partial charge in [-0.1, -0.05) is 42.3 Å². The van der Waals surface area contributed by atoms with Gasteiger partial charge in [-0.15, -0.1) is 0 Å². The van der Waals surface area contributed by atoms with Crippen LogP contribution in [0.4, 0.5) is 18.9 Å². The fourth-order valence-corrected chi connectivity index (χ4v) is 4.82. The summed E-state index contributed by atoms with van der Waals surface area (Å²) in [7, 11) is -4.20. The van der Waals surface area contributed by atoms with E-state index in [0.717, 1.165) is 24.5 Å². The molecule has 1 N–H and O–H groups in total. The number of nitrogens with one attached hydrogen (secondary N) is 1. The lowest BCUT2D eigenvalue weighted by Crippen LogP contribution is -2.55. The van der Waals surface area contributed by atoms with Crippen LogP contribution in [0, 0.1) is 0 Å². The van der Waals surface area contributed by atoms with Crippen LogP contribution in [-0.2, 0) is 32.3 Å². The first kappa shape index (κ1) is 31.7. The predicted molar refractivity (Wildman–Crippen MR) is 143 cm³/mol. The molecule has 2 aromatic rings. The molecule has 0 unspecified atom stereocenters. The summed E-state index contributed by atoms with van der Waals surface area (Å²) in [5, 5.41) is 3.30. The maximum Gasteiger partial charge on any atom is 0.416 e. The third-order valence-electron chi connectivity index (χ3n) is 5.36. The first-order valence-electron chi connectivity index (χ1n) is 11.5. The molecule has 0 bridgehead atoms. The van der Waals surface area contributed by atoms with Crippen LogP contribution in [0.3, 0.4) is 0 Å². The fourth-order valence-electron chi connectivity index (χ4n) is 3.66. The molecule has 1 atom stereocenters. The van der Waals surface area contributed by atoms with Gasteiger partial charge in [0, 0.05) is 12.1 Å². The molecular formula is C25H30Cl2F3N3O4S. The number of benzene rings is 2. The summed E-state index contributed by atoms with van der Waals surface area (Å²) < 4.78 is 65.7. The second-order valence-corrected chi connectivity index (χ2v) is 12.5. The topological polar surface area (TPSA) is 86.8 Å².